The number of pyridine rings is 1. The van der Waals surface area contributed by atoms with E-state index in [0.717, 1.165) is 23.6 Å². The number of benzene rings is 1. The Morgan fingerprint density at radius 3 is 2.58 bits per heavy atom. The number of cyclic esters (lactones) is 1. The van der Waals surface area contributed by atoms with Crippen LogP contribution in [0.3, 0.4) is 0 Å². The first-order valence-corrected chi connectivity index (χ1v) is 12.2. The fourth-order valence-corrected chi connectivity index (χ4v) is 5.64. The molecule has 2 aliphatic rings. The predicted octanol–water partition coefficient (Wildman–Crippen LogP) is 3.95. The number of aryl methyl sites for hydroxylation is 1. The number of amides is 2. The van der Waals surface area contributed by atoms with Crippen molar-refractivity contribution >= 4 is 23.9 Å². The minimum Gasteiger partial charge on any atom is -0.461 e. The standard InChI is InChI=1S/C28H28F2N4O4/c1-15-6-5-7-22(23(15)12-31)19-8-9-20(32-13-19)10-11-21-16(2)28(29,30)14-27(25(36)34-33-18(4)35)24(21)17(3)38-26(27)37/h5-11,13,16-17,21,24H,14H2,1-4H3,(H,33,35)(H,34,36)/t16-,17+,21-,24-,27+/m0/s1. The van der Waals surface area contributed by atoms with Gasteiger partial charge in [0.2, 0.25) is 5.91 Å². The molecule has 8 nitrogen and oxygen atoms in total. The minimum atomic E-state index is -3.36. The number of rotatable bonds is 4. The zero-order valence-electron chi connectivity index (χ0n) is 21.4. The van der Waals surface area contributed by atoms with E-state index in [-0.39, 0.29) is 0 Å². The number of nitrogens with one attached hydrogen (secondary N) is 2. The molecule has 1 saturated carbocycles. The van der Waals surface area contributed by atoms with Gasteiger partial charge >= 0.3 is 5.97 Å². The van der Waals surface area contributed by atoms with Gasteiger partial charge in [0.05, 0.1) is 11.3 Å². The van der Waals surface area contributed by atoms with Gasteiger partial charge < -0.3 is 4.74 Å². The number of carbonyl (C=O) groups is 3. The number of halogens is 2. The lowest BCUT2D eigenvalue weighted by molar-refractivity contribution is -0.179. The Kier molecular flexibility index (Phi) is 7.06. The van der Waals surface area contributed by atoms with Crippen molar-refractivity contribution in [1.82, 2.24) is 15.8 Å². The smallest absolute Gasteiger partial charge is 0.322 e. The molecular formula is C28H28F2N4O4. The third-order valence-electron chi connectivity index (χ3n) is 7.63. The second-order valence-electron chi connectivity index (χ2n) is 9.99. The summed E-state index contributed by atoms with van der Waals surface area (Å²) in [6, 6.07) is 11.2. The van der Waals surface area contributed by atoms with Crippen molar-refractivity contribution in [2.75, 3.05) is 0 Å². The SMILES string of the molecule is CC(=O)NNC(=O)[C@@]12CC(F)(F)[C@@H](C)[C@H](C=Cc3ccc(-c4cccc(C)c4C#N)cn3)[C@@H]1[C@@H](C)OC2=O. The molecule has 198 valence electrons. The molecule has 2 fully saturated rings. The van der Waals surface area contributed by atoms with Crippen LogP contribution in [0.15, 0.2) is 42.6 Å². The van der Waals surface area contributed by atoms with E-state index in [1.54, 1.807) is 37.4 Å². The van der Waals surface area contributed by atoms with E-state index < -0.39 is 59.4 Å². The molecule has 1 aromatic heterocycles. The number of ether oxygens (including phenoxy) is 1. The largest absolute Gasteiger partial charge is 0.461 e. The summed E-state index contributed by atoms with van der Waals surface area (Å²) in [6.45, 7) is 5.96. The lowest BCUT2D eigenvalue weighted by Gasteiger charge is -2.46. The van der Waals surface area contributed by atoms with Crippen LogP contribution in [-0.2, 0) is 19.1 Å². The van der Waals surface area contributed by atoms with Gasteiger partial charge in [0.25, 0.3) is 11.8 Å². The first kappa shape index (κ1) is 26.9. The summed E-state index contributed by atoms with van der Waals surface area (Å²) >= 11 is 0. The summed E-state index contributed by atoms with van der Waals surface area (Å²) in [5.41, 5.74) is 5.38. The summed E-state index contributed by atoms with van der Waals surface area (Å²) in [4.78, 5) is 41.7. The number of nitrogens with zero attached hydrogens (tertiary/aromatic N) is 2. The maximum absolute atomic E-state index is 15.3. The van der Waals surface area contributed by atoms with Crippen molar-refractivity contribution in [3.8, 4) is 17.2 Å². The molecule has 0 bridgehead atoms. The third kappa shape index (κ3) is 4.53. The van der Waals surface area contributed by atoms with Gasteiger partial charge in [0.15, 0.2) is 5.41 Å². The van der Waals surface area contributed by atoms with Gasteiger partial charge in [-0.1, -0.05) is 37.3 Å². The molecule has 0 unspecified atom stereocenters. The van der Waals surface area contributed by atoms with Crippen LogP contribution in [0.2, 0.25) is 0 Å². The first-order valence-electron chi connectivity index (χ1n) is 12.2. The molecule has 2 heterocycles. The molecule has 1 aliphatic heterocycles. The van der Waals surface area contributed by atoms with Gasteiger partial charge in [-0.15, -0.1) is 0 Å². The number of carbonyl (C=O) groups excluding carboxylic acids is 3. The van der Waals surface area contributed by atoms with Gasteiger partial charge in [0, 0.05) is 42.5 Å². The second kappa shape index (κ2) is 9.97. The molecule has 1 saturated heterocycles. The minimum absolute atomic E-state index is 0.479. The van der Waals surface area contributed by atoms with Crippen LogP contribution in [0.25, 0.3) is 17.2 Å². The van der Waals surface area contributed by atoms with Crippen molar-refractivity contribution in [1.29, 1.82) is 5.26 Å². The van der Waals surface area contributed by atoms with E-state index in [1.165, 1.54) is 6.92 Å². The average Bonchev–Trinajstić information content (AvgIpc) is 3.12. The van der Waals surface area contributed by atoms with Crippen molar-refractivity contribution in [3.63, 3.8) is 0 Å². The van der Waals surface area contributed by atoms with Crippen LogP contribution in [0.5, 0.6) is 0 Å². The maximum Gasteiger partial charge on any atom is 0.322 e. The number of esters is 1. The van der Waals surface area contributed by atoms with Crippen LogP contribution in [0.4, 0.5) is 8.78 Å². The zero-order chi connectivity index (χ0) is 27.8. The van der Waals surface area contributed by atoms with E-state index in [0.29, 0.717) is 11.3 Å². The number of allylic oxidation sites excluding steroid dienone is 1. The number of aromatic nitrogens is 1. The van der Waals surface area contributed by atoms with Crippen LogP contribution < -0.4 is 10.9 Å². The number of alkyl halides is 2. The van der Waals surface area contributed by atoms with E-state index in [2.05, 4.69) is 21.9 Å². The summed E-state index contributed by atoms with van der Waals surface area (Å²) < 4.78 is 36.0. The topological polar surface area (TPSA) is 121 Å². The molecule has 1 aromatic carbocycles. The van der Waals surface area contributed by atoms with Gasteiger partial charge in [-0.25, -0.2) is 8.78 Å². The highest BCUT2D eigenvalue weighted by Gasteiger charge is 2.71. The zero-order valence-corrected chi connectivity index (χ0v) is 21.4. The van der Waals surface area contributed by atoms with Crippen LogP contribution in [0.1, 0.15) is 44.0 Å². The van der Waals surface area contributed by atoms with Crippen molar-refractivity contribution in [3.05, 3.63) is 59.4 Å². The highest BCUT2D eigenvalue weighted by Crippen LogP contribution is 2.59. The molecule has 5 atom stereocenters. The van der Waals surface area contributed by atoms with Gasteiger partial charge in [0.1, 0.15) is 12.2 Å². The lowest BCUT2D eigenvalue weighted by atomic mass is 9.56. The number of nitriles is 1. The highest BCUT2D eigenvalue weighted by atomic mass is 19.3. The van der Waals surface area contributed by atoms with E-state index in [9.17, 15) is 19.6 Å². The Labute approximate surface area is 219 Å². The van der Waals surface area contributed by atoms with Gasteiger partial charge in [-0.2, -0.15) is 5.26 Å². The van der Waals surface area contributed by atoms with Crippen LogP contribution >= 0.6 is 0 Å². The molecule has 1 aliphatic carbocycles. The molecule has 2 N–H and O–H groups in total. The number of fused-ring (bicyclic) bond motifs is 1. The molecule has 38 heavy (non-hydrogen) atoms. The van der Waals surface area contributed by atoms with E-state index >= 15 is 8.78 Å². The summed E-state index contributed by atoms with van der Waals surface area (Å²) in [5.74, 6) is -9.03. The Hall–Kier alpha value is -4.13. The van der Waals surface area contributed by atoms with Crippen molar-refractivity contribution < 1.29 is 27.9 Å². The molecule has 0 spiro atoms. The summed E-state index contributed by atoms with van der Waals surface area (Å²) in [5, 5.41) is 9.52. The molecular weight excluding hydrogens is 494 g/mol. The van der Waals surface area contributed by atoms with Gasteiger partial charge in [-0.3, -0.25) is 30.2 Å². The Balaban J connectivity index is 1.67. The number of hydrogen-bond donors (Lipinski definition) is 2. The number of hydrazine groups is 1. The predicted molar refractivity (Wildman–Crippen MR) is 134 cm³/mol. The fraction of sp³-hybridized carbons (Fsp3) is 0.393. The summed E-state index contributed by atoms with van der Waals surface area (Å²) in [7, 11) is 0. The lowest BCUT2D eigenvalue weighted by Crippen LogP contribution is -2.61. The average molecular weight is 523 g/mol. The molecule has 2 amide bonds. The van der Waals surface area contributed by atoms with Crippen LogP contribution in [0, 0.1) is 41.4 Å². The summed E-state index contributed by atoms with van der Waals surface area (Å²) in [6.07, 6.45) is 2.91. The molecule has 4 rings (SSSR count). The molecule has 10 heteroatoms. The quantitative estimate of drug-likeness (QED) is 0.356. The first-order chi connectivity index (χ1) is 17.9. The Morgan fingerprint density at radius 2 is 1.95 bits per heavy atom. The maximum atomic E-state index is 15.3. The molecule has 2 aromatic rings. The van der Waals surface area contributed by atoms with Gasteiger partial charge in [-0.05, 0) is 37.5 Å². The van der Waals surface area contributed by atoms with Crippen molar-refractivity contribution in [2.24, 2.45) is 23.2 Å². The second-order valence-corrected chi connectivity index (χ2v) is 9.99. The van der Waals surface area contributed by atoms with E-state index in [4.69, 9.17) is 4.74 Å². The third-order valence-corrected chi connectivity index (χ3v) is 7.63. The number of hydrogen-bond acceptors (Lipinski definition) is 6. The van der Waals surface area contributed by atoms with Crippen LogP contribution in [-0.4, -0.2) is 34.8 Å². The Morgan fingerprint density at radius 1 is 1.21 bits per heavy atom. The van der Waals surface area contributed by atoms with E-state index in [1.807, 2.05) is 25.1 Å². The monoisotopic (exact) mass is 522 g/mol. The highest BCUT2D eigenvalue weighted by molar-refractivity contribution is 6.05. The van der Waals surface area contributed by atoms with Crippen molar-refractivity contribution in [2.45, 2.75) is 46.1 Å². The Bertz CT molecular complexity index is 1350. The normalized spacial score (nSPS) is 27.8. The fourth-order valence-electron chi connectivity index (χ4n) is 5.64. The molecule has 0 radical (unpaired) electrons.